The maximum absolute atomic E-state index is 12.2. The first kappa shape index (κ1) is 14.5. The summed E-state index contributed by atoms with van der Waals surface area (Å²) in [5.74, 6) is 0.474. The van der Waals surface area contributed by atoms with Gasteiger partial charge in [0.25, 0.3) is 0 Å². The van der Waals surface area contributed by atoms with Crippen molar-refractivity contribution in [1.29, 1.82) is 0 Å². The van der Waals surface area contributed by atoms with Gasteiger partial charge in [-0.3, -0.25) is 0 Å². The van der Waals surface area contributed by atoms with Gasteiger partial charge in [0.2, 0.25) is 0 Å². The number of ether oxygens (including phenoxy) is 1. The van der Waals surface area contributed by atoms with E-state index in [0.29, 0.717) is 5.75 Å². The summed E-state index contributed by atoms with van der Waals surface area (Å²) >= 11 is 3.29. The van der Waals surface area contributed by atoms with Crippen molar-refractivity contribution in [2.24, 2.45) is 5.41 Å². The molecule has 0 bridgehead atoms. The highest BCUT2D eigenvalue weighted by molar-refractivity contribution is 9.10. The van der Waals surface area contributed by atoms with Gasteiger partial charge in [-0.05, 0) is 23.6 Å². The number of rotatable bonds is 3. The number of sulfone groups is 1. The maximum atomic E-state index is 12.2. The highest BCUT2D eigenvalue weighted by atomic mass is 79.9. The second-order valence-electron chi connectivity index (χ2n) is 5.11. The van der Waals surface area contributed by atoms with Crippen LogP contribution in [0.5, 0.6) is 5.75 Å². The van der Waals surface area contributed by atoms with Crippen LogP contribution in [0.2, 0.25) is 0 Å². The minimum absolute atomic E-state index is 0.0952. The zero-order chi connectivity index (χ0) is 13.3. The molecule has 0 radical (unpaired) electrons. The van der Waals surface area contributed by atoms with E-state index in [1.54, 1.807) is 18.2 Å². The van der Waals surface area contributed by atoms with Crippen LogP contribution in [0.4, 0.5) is 0 Å². The van der Waals surface area contributed by atoms with Crippen molar-refractivity contribution in [3.05, 3.63) is 22.7 Å². The Morgan fingerprint density at radius 1 is 1.29 bits per heavy atom. The first-order chi connectivity index (χ1) is 7.65. The summed E-state index contributed by atoms with van der Waals surface area (Å²) < 4.78 is 30.4. The fraction of sp³-hybridized carbons (Fsp3) is 0.500. The molecule has 0 amide bonds. The van der Waals surface area contributed by atoms with Crippen LogP contribution >= 0.6 is 15.9 Å². The van der Waals surface area contributed by atoms with Crippen LogP contribution in [0.15, 0.2) is 27.6 Å². The fourth-order valence-corrected chi connectivity index (χ4v) is 3.91. The maximum Gasteiger partial charge on any atom is 0.182 e. The van der Waals surface area contributed by atoms with E-state index in [1.807, 2.05) is 20.8 Å². The Labute approximate surface area is 111 Å². The minimum atomic E-state index is -3.32. The molecule has 0 fully saturated rings. The molecule has 0 saturated heterocycles. The van der Waals surface area contributed by atoms with E-state index in [2.05, 4.69) is 15.9 Å². The van der Waals surface area contributed by atoms with Crippen molar-refractivity contribution in [1.82, 2.24) is 0 Å². The smallest absolute Gasteiger partial charge is 0.182 e. The SMILES string of the molecule is COc1cc(Br)ccc1S(=O)(=O)CC(C)(C)C. The monoisotopic (exact) mass is 320 g/mol. The average Bonchev–Trinajstić information content (AvgIpc) is 2.13. The van der Waals surface area contributed by atoms with Crippen molar-refractivity contribution in [2.75, 3.05) is 12.9 Å². The Hall–Kier alpha value is -0.550. The Kier molecular flexibility index (Phi) is 4.25. The zero-order valence-corrected chi connectivity index (χ0v) is 12.9. The lowest BCUT2D eigenvalue weighted by atomic mass is 10.0. The van der Waals surface area contributed by atoms with E-state index in [0.717, 1.165) is 4.47 Å². The van der Waals surface area contributed by atoms with Gasteiger partial charge >= 0.3 is 0 Å². The van der Waals surface area contributed by atoms with E-state index in [4.69, 9.17) is 4.74 Å². The molecule has 3 nitrogen and oxygen atoms in total. The highest BCUT2D eigenvalue weighted by Crippen LogP contribution is 2.31. The topological polar surface area (TPSA) is 43.4 Å². The van der Waals surface area contributed by atoms with E-state index in [1.165, 1.54) is 7.11 Å². The Morgan fingerprint density at radius 3 is 2.35 bits per heavy atom. The van der Waals surface area contributed by atoms with Crippen molar-refractivity contribution < 1.29 is 13.2 Å². The summed E-state index contributed by atoms with van der Waals surface area (Å²) in [7, 11) is -1.85. The molecule has 17 heavy (non-hydrogen) atoms. The molecule has 0 aromatic heterocycles. The van der Waals surface area contributed by atoms with Gasteiger partial charge in [-0.1, -0.05) is 36.7 Å². The van der Waals surface area contributed by atoms with Crippen LogP contribution in [0.1, 0.15) is 20.8 Å². The molecule has 0 saturated carbocycles. The molecule has 0 atom stereocenters. The van der Waals surface area contributed by atoms with Crippen LogP contribution < -0.4 is 4.74 Å². The molecule has 0 aliphatic heterocycles. The second kappa shape index (κ2) is 4.98. The highest BCUT2D eigenvalue weighted by Gasteiger charge is 2.26. The fourth-order valence-electron chi connectivity index (χ4n) is 1.55. The van der Waals surface area contributed by atoms with E-state index in [-0.39, 0.29) is 16.1 Å². The van der Waals surface area contributed by atoms with Gasteiger partial charge in [0.15, 0.2) is 9.84 Å². The molecule has 1 aromatic rings. The van der Waals surface area contributed by atoms with Gasteiger partial charge < -0.3 is 4.74 Å². The third-order valence-corrected chi connectivity index (χ3v) is 4.83. The molecule has 0 aliphatic rings. The summed E-state index contributed by atoms with van der Waals surface area (Å²) in [4.78, 5) is 0.248. The molecule has 0 heterocycles. The number of benzene rings is 1. The van der Waals surface area contributed by atoms with E-state index < -0.39 is 9.84 Å². The number of hydrogen-bond acceptors (Lipinski definition) is 3. The summed E-state index contributed by atoms with van der Waals surface area (Å²) in [6.45, 7) is 5.70. The summed E-state index contributed by atoms with van der Waals surface area (Å²) in [5.41, 5.74) is -0.281. The van der Waals surface area contributed by atoms with Crippen LogP contribution in [0.25, 0.3) is 0 Å². The quantitative estimate of drug-likeness (QED) is 0.858. The molecule has 0 spiro atoms. The van der Waals surface area contributed by atoms with Crippen molar-refractivity contribution in [3.8, 4) is 5.75 Å². The third kappa shape index (κ3) is 4.00. The molecular formula is C12H17BrO3S. The number of methoxy groups -OCH3 is 1. The van der Waals surface area contributed by atoms with Gasteiger partial charge in [-0.15, -0.1) is 0 Å². The lowest BCUT2D eigenvalue weighted by Crippen LogP contribution is -2.21. The normalized spacial score (nSPS) is 12.5. The number of halogens is 1. The third-order valence-electron chi connectivity index (χ3n) is 2.08. The molecule has 0 aliphatic carbocycles. The molecule has 1 aromatic carbocycles. The standard InChI is InChI=1S/C12H17BrO3S/c1-12(2,3)8-17(14,15)11-6-5-9(13)7-10(11)16-4/h5-7H,8H2,1-4H3. The van der Waals surface area contributed by atoms with Crippen molar-refractivity contribution >= 4 is 25.8 Å². The minimum Gasteiger partial charge on any atom is -0.495 e. The molecule has 0 unspecified atom stereocenters. The van der Waals surface area contributed by atoms with E-state index in [9.17, 15) is 8.42 Å². The molecule has 96 valence electrons. The zero-order valence-electron chi connectivity index (χ0n) is 10.5. The predicted molar refractivity (Wildman–Crippen MR) is 72.2 cm³/mol. The van der Waals surface area contributed by atoms with Gasteiger partial charge in [0.1, 0.15) is 10.6 Å². The van der Waals surface area contributed by atoms with Gasteiger partial charge in [0.05, 0.1) is 12.9 Å². The Morgan fingerprint density at radius 2 is 1.88 bits per heavy atom. The lowest BCUT2D eigenvalue weighted by Gasteiger charge is -2.19. The van der Waals surface area contributed by atoms with Gasteiger partial charge in [0, 0.05) is 4.47 Å². The van der Waals surface area contributed by atoms with Crippen LogP contribution in [-0.2, 0) is 9.84 Å². The molecule has 5 heteroatoms. The van der Waals surface area contributed by atoms with Crippen LogP contribution in [0, 0.1) is 5.41 Å². The largest absolute Gasteiger partial charge is 0.495 e. The van der Waals surface area contributed by atoms with E-state index >= 15 is 0 Å². The van der Waals surface area contributed by atoms with Crippen molar-refractivity contribution in [3.63, 3.8) is 0 Å². The summed E-state index contributed by atoms with van der Waals surface area (Å²) in [6, 6.07) is 4.94. The van der Waals surface area contributed by atoms with Crippen molar-refractivity contribution in [2.45, 2.75) is 25.7 Å². The Bertz CT molecular complexity index is 501. The van der Waals surface area contributed by atoms with Gasteiger partial charge in [-0.2, -0.15) is 0 Å². The summed E-state index contributed by atoms with van der Waals surface area (Å²) in [6.07, 6.45) is 0. The van der Waals surface area contributed by atoms with Crippen LogP contribution in [0.3, 0.4) is 0 Å². The molecular weight excluding hydrogens is 304 g/mol. The molecule has 1 rings (SSSR count). The predicted octanol–water partition coefficient (Wildman–Crippen LogP) is 3.28. The average molecular weight is 321 g/mol. The summed E-state index contributed by atoms with van der Waals surface area (Å²) in [5, 5.41) is 0. The first-order valence-corrected chi connectivity index (χ1v) is 7.66. The van der Waals surface area contributed by atoms with Gasteiger partial charge in [-0.25, -0.2) is 8.42 Å². The van der Waals surface area contributed by atoms with Crippen LogP contribution in [-0.4, -0.2) is 21.3 Å². The molecule has 0 N–H and O–H groups in total. The number of hydrogen-bond donors (Lipinski definition) is 0. The Balaban J connectivity index is 3.24. The lowest BCUT2D eigenvalue weighted by molar-refractivity contribution is 0.401. The first-order valence-electron chi connectivity index (χ1n) is 5.22. The second-order valence-corrected chi connectivity index (χ2v) is 7.99.